The largest absolute Gasteiger partial charge is 0.321 e. The number of hydrogen-bond acceptors (Lipinski definition) is 3. The molecule has 1 rings (SSSR count). The summed E-state index contributed by atoms with van der Waals surface area (Å²) in [6, 6.07) is 3.81. The number of hydrogen-bond donors (Lipinski definition) is 0. The van der Waals surface area contributed by atoms with Crippen molar-refractivity contribution >= 4 is 0 Å². The van der Waals surface area contributed by atoms with E-state index >= 15 is 0 Å². The van der Waals surface area contributed by atoms with Crippen LogP contribution in [0.1, 0.15) is 24.2 Å². The molecule has 0 radical (unpaired) electrons. The van der Waals surface area contributed by atoms with Crippen LogP contribution in [-0.4, -0.2) is 9.55 Å². The van der Waals surface area contributed by atoms with E-state index in [1.54, 1.807) is 4.57 Å². The van der Waals surface area contributed by atoms with Crippen molar-refractivity contribution < 1.29 is 0 Å². The zero-order chi connectivity index (χ0) is 10.4. The molecule has 1 aromatic rings. The Morgan fingerprint density at radius 2 is 2.21 bits per heavy atom. The van der Waals surface area contributed by atoms with Crippen LogP contribution in [0.25, 0.3) is 0 Å². The van der Waals surface area contributed by atoms with Crippen LogP contribution in [0.3, 0.4) is 0 Å². The molecular weight excluding hydrogens is 176 g/mol. The minimum Gasteiger partial charge on any atom is -0.321 e. The van der Waals surface area contributed by atoms with E-state index in [1.165, 1.54) is 6.33 Å². The Morgan fingerprint density at radius 1 is 1.43 bits per heavy atom. The van der Waals surface area contributed by atoms with Crippen molar-refractivity contribution in [3.8, 4) is 24.5 Å². The summed E-state index contributed by atoms with van der Waals surface area (Å²) in [6.07, 6.45) is 8.04. The summed E-state index contributed by atoms with van der Waals surface area (Å²) in [5.41, 5.74) is 0.484. The minimum absolute atomic E-state index is 0.174. The molecular formula is C10H8N4. The normalized spacial score (nSPS) is 8.64. The maximum atomic E-state index is 8.77. The van der Waals surface area contributed by atoms with Crippen LogP contribution in [0.15, 0.2) is 6.33 Å². The van der Waals surface area contributed by atoms with Crippen molar-refractivity contribution in [3.63, 3.8) is 0 Å². The molecule has 0 N–H and O–H groups in total. The topological polar surface area (TPSA) is 65.4 Å². The van der Waals surface area contributed by atoms with Crippen molar-refractivity contribution in [3.05, 3.63) is 17.7 Å². The summed E-state index contributed by atoms with van der Waals surface area (Å²) < 4.78 is 1.65. The highest BCUT2D eigenvalue weighted by Crippen LogP contribution is 2.06. The molecule has 4 heteroatoms. The molecule has 0 bridgehead atoms. The predicted molar refractivity (Wildman–Crippen MR) is 49.7 cm³/mol. The SMILES string of the molecule is C#CCCCn1cnc(C#N)c1C#N. The van der Waals surface area contributed by atoms with E-state index in [4.69, 9.17) is 16.9 Å². The first-order valence-corrected chi connectivity index (χ1v) is 4.12. The van der Waals surface area contributed by atoms with Gasteiger partial charge in [0.2, 0.25) is 0 Å². The van der Waals surface area contributed by atoms with Gasteiger partial charge in [-0.05, 0) is 6.42 Å². The van der Waals surface area contributed by atoms with Crippen molar-refractivity contribution in [2.45, 2.75) is 19.4 Å². The number of rotatable bonds is 3. The lowest BCUT2D eigenvalue weighted by atomic mass is 10.3. The van der Waals surface area contributed by atoms with Gasteiger partial charge in [0.05, 0.1) is 6.33 Å². The molecule has 0 aliphatic carbocycles. The van der Waals surface area contributed by atoms with Gasteiger partial charge in [0.1, 0.15) is 12.1 Å². The van der Waals surface area contributed by atoms with Crippen LogP contribution in [-0.2, 0) is 6.54 Å². The van der Waals surface area contributed by atoms with Crippen LogP contribution in [0.2, 0.25) is 0 Å². The quantitative estimate of drug-likeness (QED) is 0.520. The number of nitriles is 2. The Kier molecular flexibility index (Phi) is 3.30. The first-order chi connectivity index (χ1) is 6.83. The fourth-order valence-electron chi connectivity index (χ4n) is 1.10. The third kappa shape index (κ3) is 1.91. The van der Waals surface area contributed by atoms with Gasteiger partial charge in [-0.25, -0.2) is 4.98 Å². The van der Waals surface area contributed by atoms with E-state index in [0.717, 1.165) is 6.42 Å². The predicted octanol–water partition coefficient (Wildman–Crippen LogP) is 1.04. The minimum atomic E-state index is 0.174. The van der Waals surface area contributed by atoms with Crippen molar-refractivity contribution in [2.75, 3.05) is 0 Å². The molecule has 1 heterocycles. The second-order valence-electron chi connectivity index (χ2n) is 2.67. The van der Waals surface area contributed by atoms with Gasteiger partial charge in [-0.3, -0.25) is 0 Å². The molecule has 0 unspecified atom stereocenters. The maximum absolute atomic E-state index is 8.77. The molecule has 0 aliphatic heterocycles. The summed E-state index contributed by atoms with van der Waals surface area (Å²) in [6.45, 7) is 0.627. The number of nitrogens with zero attached hydrogens (tertiary/aromatic N) is 4. The molecule has 0 aliphatic rings. The Hall–Kier alpha value is -2.25. The van der Waals surface area contributed by atoms with E-state index in [9.17, 15) is 0 Å². The zero-order valence-corrected chi connectivity index (χ0v) is 7.56. The summed E-state index contributed by atoms with van der Waals surface area (Å²) >= 11 is 0. The first kappa shape index (κ1) is 9.84. The van der Waals surface area contributed by atoms with Gasteiger partial charge in [-0.1, -0.05) is 0 Å². The highest BCUT2D eigenvalue weighted by molar-refractivity contribution is 5.35. The van der Waals surface area contributed by atoms with Crippen molar-refractivity contribution in [1.82, 2.24) is 9.55 Å². The molecule has 1 aromatic heterocycles. The van der Waals surface area contributed by atoms with Gasteiger partial charge in [-0.15, -0.1) is 12.3 Å². The number of aromatic nitrogens is 2. The number of imidazole rings is 1. The second kappa shape index (κ2) is 4.70. The van der Waals surface area contributed by atoms with E-state index in [0.29, 0.717) is 18.7 Å². The van der Waals surface area contributed by atoms with Gasteiger partial charge in [0.25, 0.3) is 0 Å². The molecule has 0 aromatic carbocycles. The van der Waals surface area contributed by atoms with Gasteiger partial charge < -0.3 is 4.57 Å². The monoisotopic (exact) mass is 184 g/mol. The van der Waals surface area contributed by atoms with E-state index in [-0.39, 0.29) is 5.69 Å². The summed E-state index contributed by atoms with van der Waals surface area (Å²) in [5.74, 6) is 2.51. The maximum Gasteiger partial charge on any atom is 0.176 e. The zero-order valence-electron chi connectivity index (χ0n) is 7.56. The van der Waals surface area contributed by atoms with Crippen LogP contribution in [0.5, 0.6) is 0 Å². The van der Waals surface area contributed by atoms with E-state index in [2.05, 4.69) is 10.9 Å². The number of terminal acetylenes is 1. The van der Waals surface area contributed by atoms with Gasteiger partial charge in [-0.2, -0.15) is 10.5 Å². The van der Waals surface area contributed by atoms with Crippen LogP contribution < -0.4 is 0 Å². The fraction of sp³-hybridized carbons (Fsp3) is 0.300. The molecule has 68 valence electrons. The van der Waals surface area contributed by atoms with E-state index < -0.39 is 0 Å². The summed E-state index contributed by atoms with van der Waals surface area (Å²) in [7, 11) is 0. The van der Waals surface area contributed by atoms with Crippen molar-refractivity contribution in [1.29, 1.82) is 10.5 Å². The van der Waals surface area contributed by atoms with Crippen LogP contribution in [0.4, 0.5) is 0 Å². The molecule has 0 saturated heterocycles. The summed E-state index contributed by atoms with van der Waals surface area (Å²) in [4.78, 5) is 3.81. The molecule has 0 amide bonds. The van der Waals surface area contributed by atoms with Crippen LogP contribution in [0, 0.1) is 35.0 Å². The standard InChI is InChI=1S/C10H8N4/c1-2-3-4-5-14-8-13-9(6-11)10(14)7-12/h1,8H,3-5H2. The Labute approximate surface area is 82.4 Å². The molecule has 0 saturated carbocycles. The van der Waals surface area contributed by atoms with Gasteiger partial charge in [0, 0.05) is 13.0 Å². The summed E-state index contributed by atoms with van der Waals surface area (Å²) in [5, 5.41) is 17.4. The molecule has 4 nitrogen and oxygen atoms in total. The third-order valence-corrected chi connectivity index (χ3v) is 1.77. The highest BCUT2D eigenvalue weighted by atomic mass is 15.1. The lowest BCUT2D eigenvalue weighted by Gasteiger charge is -1.99. The average molecular weight is 184 g/mol. The van der Waals surface area contributed by atoms with Gasteiger partial charge >= 0.3 is 0 Å². The smallest absolute Gasteiger partial charge is 0.176 e. The lowest BCUT2D eigenvalue weighted by Crippen LogP contribution is -1.99. The number of unbranched alkanes of at least 4 members (excludes halogenated alkanes) is 1. The van der Waals surface area contributed by atoms with E-state index in [1.807, 2.05) is 12.1 Å². The lowest BCUT2D eigenvalue weighted by molar-refractivity contribution is 0.648. The molecule has 0 atom stereocenters. The Morgan fingerprint density at radius 3 is 2.79 bits per heavy atom. The molecule has 0 spiro atoms. The Balaban J connectivity index is 2.80. The second-order valence-corrected chi connectivity index (χ2v) is 2.67. The fourth-order valence-corrected chi connectivity index (χ4v) is 1.10. The number of aryl methyl sites for hydroxylation is 1. The van der Waals surface area contributed by atoms with Gasteiger partial charge in [0.15, 0.2) is 11.4 Å². The molecule has 0 fully saturated rings. The molecule has 14 heavy (non-hydrogen) atoms. The highest BCUT2D eigenvalue weighted by Gasteiger charge is 2.08. The van der Waals surface area contributed by atoms with Crippen LogP contribution >= 0.6 is 0 Å². The first-order valence-electron chi connectivity index (χ1n) is 4.12. The van der Waals surface area contributed by atoms with Crippen molar-refractivity contribution in [2.24, 2.45) is 0 Å². The third-order valence-electron chi connectivity index (χ3n) is 1.77. The average Bonchev–Trinajstić information content (AvgIpc) is 2.60. The Bertz CT molecular complexity index is 436.